The molecule has 3 fully saturated rings. The topological polar surface area (TPSA) is 49.8 Å². The lowest BCUT2D eigenvalue weighted by molar-refractivity contribution is -0.125. The lowest BCUT2D eigenvalue weighted by Gasteiger charge is -2.41. The summed E-state index contributed by atoms with van der Waals surface area (Å²) in [7, 11) is 0. The van der Waals surface area contributed by atoms with Gasteiger partial charge >= 0.3 is 0 Å². The van der Waals surface area contributed by atoms with Gasteiger partial charge in [-0.2, -0.15) is 0 Å². The number of phenols is 1. The second-order valence-corrected chi connectivity index (χ2v) is 7.61. The van der Waals surface area contributed by atoms with Crippen LogP contribution in [0.15, 0.2) is 23.9 Å². The van der Waals surface area contributed by atoms with E-state index < -0.39 is 0 Å². The number of hydrogen-bond acceptors (Lipinski definition) is 4. The number of ether oxygens (including phenoxy) is 1. The fraction of sp³-hybridized carbons (Fsp3) is 0.591. The summed E-state index contributed by atoms with van der Waals surface area (Å²) in [6.45, 7) is 6.95. The highest BCUT2D eigenvalue weighted by Crippen LogP contribution is 2.34. The van der Waals surface area contributed by atoms with Gasteiger partial charge in [0.2, 0.25) is 0 Å². The van der Waals surface area contributed by atoms with Crippen molar-refractivity contribution in [3.8, 4) is 11.5 Å². The second-order valence-electron chi connectivity index (χ2n) is 7.61. The molecule has 0 aromatic heterocycles. The quantitative estimate of drug-likeness (QED) is 0.690. The van der Waals surface area contributed by atoms with Crippen molar-refractivity contribution in [1.29, 1.82) is 0 Å². The highest BCUT2D eigenvalue weighted by atomic mass is 16.5. The van der Waals surface area contributed by atoms with Crippen LogP contribution < -0.4 is 4.74 Å². The lowest BCUT2D eigenvalue weighted by atomic mass is 9.84. The van der Waals surface area contributed by atoms with Gasteiger partial charge in [0.1, 0.15) is 0 Å². The van der Waals surface area contributed by atoms with Gasteiger partial charge < -0.3 is 14.7 Å². The van der Waals surface area contributed by atoms with Crippen molar-refractivity contribution in [2.24, 2.45) is 11.8 Å². The van der Waals surface area contributed by atoms with E-state index >= 15 is 0 Å². The van der Waals surface area contributed by atoms with Gasteiger partial charge in [0.25, 0.3) is 0 Å². The van der Waals surface area contributed by atoms with Crippen LogP contribution in [-0.2, 0) is 4.79 Å². The van der Waals surface area contributed by atoms with E-state index in [-0.39, 0.29) is 17.5 Å². The van der Waals surface area contributed by atoms with Crippen LogP contribution in [0.3, 0.4) is 0 Å². The molecule has 0 amide bonds. The molecule has 1 aromatic carbocycles. The molecule has 1 unspecified atom stereocenters. The van der Waals surface area contributed by atoms with Gasteiger partial charge in [-0.05, 0) is 49.0 Å². The van der Waals surface area contributed by atoms with Crippen molar-refractivity contribution in [3.05, 3.63) is 29.5 Å². The molecule has 0 saturated carbocycles. The smallest absolute Gasteiger partial charge is 0.182 e. The Morgan fingerprint density at radius 3 is 2.69 bits per heavy atom. The zero-order valence-corrected chi connectivity index (χ0v) is 16.0. The molecule has 2 bridgehead atoms. The third-order valence-electron chi connectivity index (χ3n) is 5.76. The number of Topliss-reactive ketones (excluding diaryl/α,β-unsaturated/α-hetero) is 1. The normalized spacial score (nSPS) is 20.0. The maximum Gasteiger partial charge on any atom is 0.182 e. The molecule has 3 aliphatic rings. The number of allylic oxidation sites excluding steroid dienone is 1. The molecule has 1 atom stereocenters. The maximum atomic E-state index is 12.4. The molecule has 4 heteroatoms. The van der Waals surface area contributed by atoms with Crippen LogP contribution in [0, 0.1) is 11.8 Å². The van der Waals surface area contributed by atoms with Gasteiger partial charge in [-0.15, -0.1) is 0 Å². The Morgan fingerprint density at radius 2 is 2.08 bits per heavy atom. The van der Waals surface area contributed by atoms with Crippen molar-refractivity contribution in [2.45, 2.75) is 52.4 Å². The van der Waals surface area contributed by atoms with E-state index in [2.05, 4.69) is 18.7 Å². The summed E-state index contributed by atoms with van der Waals surface area (Å²) in [5, 5.41) is 10.3. The van der Waals surface area contributed by atoms with Crippen LogP contribution in [-0.4, -0.2) is 35.5 Å². The Morgan fingerprint density at radius 1 is 1.31 bits per heavy atom. The summed E-state index contributed by atoms with van der Waals surface area (Å²) in [5.74, 6) is 1.65. The third kappa shape index (κ3) is 4.22. The molecule has 1 N–H and O–H groups in total. The minimum atomic E-state index is 0.146. The van der Waals surface area contributed by atoms with E-state index in [0.29, 0.717) is 18.3 Å². The Kier molecular flexibility index (Phi) is 6.23. The maximum absolute atomic E-state index is 12.4. The summed E-state index contributed by atoms with van der Waals surface area (Å²) >= 11 is 0. The number of carbonyl (C=O) groups excluding carboxylic acids is 1. The molecule has 3 saturated heterocycles. The number of ketones is 1. The second kappa shape index (κ2) is 8.61. The first-order valence-corrected chi connectivity index (χ1v) is 10.1. The Balaban J connectivity index is 1.66. The summed E-state index contributed by atoms with van der Waals surface area (Å²) in [4.78, 5) is 14.6. The van der Waals surface area contributed by atoms with Gasteiger partial charge in [0, 0.05) is 19.0 Å². The molecule has 4 nitrogen and oxygen atoms in total. The molecular weight excluding hydrogens is 326 g/mol. The van der Waals surface area contributed by atoms with E-state index in [1.54, 1.807) is 6.07 Å². The molecule has 0 spiro atoms. The van der Waals surface area contributed by atoms with Crippen LogP contribution in [0.1, 0.15) is 57.9 Å². The van der Waals surface area contributed by atoms with Gasteiger partial charge in [-0.1, -0.05) is 39.2 Å². The number of unbranched alkanes of at least 4 members (excludes halogenated alkanes) is 1. The number of rotatable bonds is 8. The Labute approximate surface area is 156 Å². The minimum absolute atomic E-state index is 0.146. The average Bonchev–Trinajstić information content (AvgIpc) is 2.66. The third-order valence-corrected chi connectivity index (χ3v) is 5.76. The van der Waals surface area contributed by atoms with Gasteiger partial charge in [-0.3, -0.25) is 4.79 Å². The Hall–Kier alpha value is -1.97. The lowest BCUT2D eigenvalue weighted by Crippen LogP contribution is -2.45. The van der Waals surface area contributed by atoms with E-state index in [4.69, 9.17) is 4.74 Å². The van der Waals surface area contributed by atoms with Crippen molar-refractivity contribution in [2.75, 3.05) is 19.7 Å². The molecule has 26 heavy (non-hydrogen) atoms. The van der Waals surface area contributed by atoms with Crippen molar-refractivity contribution in [3.63, 3.8) is 0 Å². The van der Waals surface area contributed by atoms with Gasteiger partial charge in [0.05, 0.1) is 12.3 Å². The highest BCUT2D eigenvalue weighted by molar-refractivity contribution is 6.01. The SMILES string of the molecule is CCCCC(CC)COc1ccc(C=C2C(=O)C3CCN2CC3)cc1O. The van der Waals surface area contributed by atoms with Gasteiger partial charge in [-0.25, -0.2) is 0 Å². The van der Waals surface area contributed by atoms with Crippen molar-refractivity contribution in [1.82, 2.24) is 4.90 Å². The molecule has 142 valence electrons. The van der Waals surface area contributed by atoms with E-state index in [0.717, 1.165) is 50.0 Å². The number of carbonyl (C=O) groups is 1. The minimum Gasteiger partial charge on any atom is -0.504 e. The zero-order chi connectivity index (χ0) is 18.5. The molecule has 1 aromatic rings. The first kappa shape index (κ1) is 18.8. The largest absolute Gasteiger partial charge is 0.504 e. The molecule has 4 rings (SSSR count). The van der Waals surface area contributed by atoms with Crippen molar-refractivity contribution < 1.29 is 14.6 Å². The number of benzene rings is 1. The fourth-order valence-corrected chi connectivity index (χ4v) is 3.92. The van der Waals surface area contributed by atoms with Crippen LogP contribution in [0.2, 0.25) is 0 Å². The van der Waals surface area contributed by atoms with Gasteiger partial charge in [0.15, 0.2) is 17.3 Å². The first-order valence-electron chi connectivity index (χ1n) is 10.1. The number of piperidine rings is 3. The van der Waals surface area contributed by atoms with E-state index in [1.165, 1.54) is 12.8 Å². The standard InChI is InChI=1S/C22H31NO3/c1-3-5-6-16(4-2)15-26-21-8-7-17(14-20(21)24)13-19-22(25)18-9-11-23(19)12-10-18/h7-8,13-14,16,18,24H,3-6,9-12,15H2,1-2H3. The number of nitrogens with zero attached hydrogens (tertiary/aromatic N) is 1. The molecule has 0 radical (unpaired) electrons. The average molecular weight is 357 g/mol. The first-order chi connectivity index (χ1) is 12.6. The molecular formula is C22H31NO3. The predicted molar refractivity (Wildman–Crippen MR) is 104 cm³/mol. The monoisotopic (exact) mass is 357 g/mol. The van der Waals surface area contributed by atoms with E-state index in [9.17, 15) is 9.90 Å². The molecule has 3 heterocycles. The number of fused-ring (bicyclic) bond motifs is 3. The Bertz CT molecular complexity index is 659. The summed E-state index contributed by atoms with van der Waals surface area (Å²) in [6.07, 6.45) is 8.53. The summed E-state index contributed by atoms with van der Waals surface area (Å²) < 4.78 is 5.85. The van der Waals surface area contributed by atoms with Crippen molar-refractivity contribution >= 4 is 11.9 Å². The molecule has 3 aliphatic heterocycles. The van der Waals surface area contributed by atoms with Crippen LogP contribution in [0.4, 0.5) is 0 Å². The van der Waals surface area contributed by atoms with E-state index in [1.807, 2.05) is 18.2 Å². The molecule has 0 aliphatic carbocycles. The highest BCUT2D eigenvalue weighted by Gasteiger charge is 2.36. The number of aromatic hydroxyl groups is 1. The summed E-state index contributed by atoms with van der Waals surface area (Å²) in [6, 6.07) is 5.44. The number of phenolic OH excluding ortho intramolecular Hbond substituents is 1. The van der Waals surface area contributed by atoms with Crippen LogP contribution in [0.5, 0.6) is 11.5 Å². The number of hydrogen-bond donors (Lipinski definition) is 1. The predicted octanol–water partition coefficient (Wildman–Crippen LogP) is 4.62. The zero-order valence-electron chi connectivity index (χ0n) is 16.0. The van der Waals surface area contributed by atoms with Crippen LogP contribution >= 0.6 is 0 Å². The summed E-state index contributed by atoms with van der Waals surface area (Å²) in [5.41, 5.74) is 1.65. The fourth-order valence-electron chi connectivity index (χ4n) is 3.92. The van der Waals surface area contributed by atoms with Crippen LogP contribution in [0.25, 0.3) is 6.08 Å².